The van der Waals surface area contributed by atoms with Gasteiger partial charge in [-0.25, -0.2) is 4.79 Å². The summed E-state index contributed by atoms with van der Waals surface area (Å²) in [6.45, 7) is 10.1. The fourth-order valence-electron chi connectivity index (χ4n) is 5.38. The molecule has 0 saturated carbocycles. The highest BCUT2D eigenvalue weighted by Crippen LogP contribution is 2.52. The van der Waals surface area contributed by atoms with Crippen LogP contribution >= 0.6 is 0 Å². The number of hydrogen-bond donors (Lipinski definition) is 2. The lowest BCUT2D eigenvalue weighted by Crippen LogP contribution is -2.72. The summed E-state index contributed by atoms with van der Waals surface area (Å²) in [6, 6.07) is 18.2. The van der Waals surface area contributed by atoms with Gasteiger partial charge in [-0.3, -0.25) is 9.69 Å². The van der Waals surface area contributed by atoms with E-state index in [9.17, 15) is 9.59 Å². The van der Waals surface area contributed by atoms with Gasteiger partial charge in [0.25, 0.3) is 0 Å². The van der Waals surface area contributed by atoms with Gasteiger partial charge in [0, 0.05) is 11.3 Å². The van der Waals surface area contributed by atoms with Gasteiger partial charge in [0.1, 0.15) is 5.92 Å². The van der Waals surface area contributed by atoms with E-state index in [2.05, 4.69) is 10.6 Å². The van der Waals surface area contributed by atoms with Crippen LogP contribution in [-0.4, -0.2) is 24.3 Å². The molecule has 1 saturated heterocycles. The summed E-state index contributed by atoms with van der Waals surface area (Å²) in [4.78, 5) is 29.2. The van der Waals surface area contributed by atoms with Crippen molar-refractivity contribution < 1.29 is 19.1 Å². The Balaban J connectivity index is 1.66. The third-order valence-electron chi connectivity index (χ3n) is 7.07. The van der Waals surface area contributed by atoms with E-state index in [1.165, 1.54) is 0 Å². The molecule has 1 fully saturated rings. The normalized spacial score (nSPS) is 22.2. The second-order valence-corrected chi connectivity index (χ2v) is 9.60. The first-order valence-electron chi connectivity index (χ1n) is 12.2. The van der Waals surface area contributed by atoms with Gasteiger partial charge in [-0.05, 0) is 63.9 Å². The summed E-state index contributed by atoms with van der Waals surface area (Å²) in [5.74, 6) is 0.140. The summed E-state index contributed by atoms with van der Waals surface area (Å²) in [6.07, 6.45) is 0. The van der Waals surface area contributed by atoms with Gasteiger partial charge >= 0.3 is 6.03 Å². The minimum atomic E-state index is -1.32. The number of para-hydroxylation sites is 2. The summed E-state index contributed by atoms with van der Waals surface area (Å²) in [7, 11) is 0. The van der Waals surface area contributed by atoms with E-state index in [4.69, 9.17) is 9.47 Å². The molecule has 36 heavy (non-hydrogen) atoms. The molecule has 3 amide bonds. The SMILES string of the molecule is CCOc1cccc2c1O[C@]1(C)[C@H](C(=O)Nc3ccc(C)cc3C)[C@@H]2NC(=O)N1c1ccccc1C. The minimum absolute atomic E-state index is 0.236. The predicted molar refractivity (Wildman–Crippen MR) is 140 cm³/mol. The predicted octanol–water partition coefficient (Wildman–Crippen LogP) is 5.64. The topological polar surface area (TPSA) is 79.9 Å². The maximum atomic E-state index is 14.0. The van der Waals surface area contributed by atoms with Crippen molar-refractivity contribution in [2.24, 2.45) is 5.92 Å². The standard InChI is InChI=1S/C29H31N3O4/c1-6-35-23-13-9-11-20-25-24(27(33)30-21-15-14-17(2)16-19(21)4)29(5,36-26(20)23)32(28(34)31-25)22-12-8-7-10-18(22)3/h7-16,24-25H,6H2,1-5H3,(H,30,33)(H,31,34)/t24-,25+,29+/m0/s1. The molecule has 2 aliphatic heterocycles. The van der Waals surface area contributed by atoms with Crippen molar-refractivity contribution >= 4 is 23.3 Å². The molecule has 0 unspecified atom stereocenters. The Morgan fingerprint density at radius 2 is 1.86 bits per heavy atom. The third kappa shape index (κ3) is 3.75. The Hall–Kier alpha value is -4.00. The van der Waals surface area contributed by atoms with E-state index < -0.39 is 17.7 Å². The summed E-state index contributed by atoms with van der Waals surface area (Å²) < 4.78 is 12.5. The van der Waals surface area contributed by atoms with Crippen molar-refractivity contribution in [3.05, 3.63) is 82.9 Å². The largest absolute Gasteiger partial charge is 0.490 e. The first-order chi connectivity index (χ1) is 17.2. The van der Waals surface area contributed by atoms with Crippen LogP contribution in [0.2, 0.25) is 0 Å². The molecule has 3 aromatic rings. The van der Waals surface area contributed by atoms with E-state index in [1.54, 1.807) is 4.90 Å². The molecule has 3 atom stereocenters. The molecule has 2 heterocycles. The van der Waals surface area contributed by atoms with Gasteiger partial charge in [-0.15, -0.1) is 0 Å². The van der Waals surface area contributed by atoms with Crippen LogP contribution in [0.1, 0.15) is 42.1 Å². The number of fused-ring (bicyclic) bond motifs is 4. The Bertz CT molecular complexity index is 1350. The molecular weight excluding hydrogens is 454 g/mol. The van der Waals surface area contributed by atoms with Crippen molar-refractivity contribution in [1.82, 2.24) is 5.32 Å². The first kappa shape index (κ1) is 23.7. The second-order valence-electron chi connectivity index (χ2n) is 9.60. The molecule has 0 radical (unpaired) electrons. The molecule has 2 bridgehead atoms. The number of carbonyl (C=O) groups excluding carboxylic acids is 2. The quantitative estimate of drug-likeness (QED) is 0.490. The van der Waals surface area contributed by atoms with Crippen LogP contribution in [0, 0.1) is 26.7 Å². The average molecular weight is 486 g/mol. The Morgan fingerprint density at radius 1 is 1.08 bits per heavy atom. The van der Waals surface area contributed by atoms with Crippen molar-refractivity contribution in [2.45, 2.75) is 46.4 Å². The zero-order chi connectivity index (χ0) is 25.6. The molecule has 2 N–H and O–H groups in total. The number of ether oxygens (including phenoxy) is 2. The number of amides is 3. The van der Waals surface area contributed by atoms with Crippen LogP contribution in [0.25, 0.3) is 0 Å². The third-order valence-corrected chi connectivity index (χ3v) is 7.07. The zero-order valence-electron chi connectivity index (χ0n) is 21.2. The lowest BCUT2D eigenvalue weighted by molar-refractivity contribution is -0.131. The van der Waals surface area contributed by atoms with E-state index in [0.717, 1.165) is 27.9 Å². The molecule has 7 nitrogen and oxygen atoms in total. The molecule has 3 aromatic carbocycles. The van der Waals surface area contributed by atoms with Crippen molar-refractivity contribution in [2.75, 3.05) is 16.8 Å². The lowest BCUT2D eigenvalue weighted by atomic mass is 9.78. The zero-order valence-corrected chi connectivity index (χ0v) is 21.2. The highest BCUT2D eigenvalue weighted by atomic mass is 16.5. The van der Waals surface area contributed by atoms with E-state index >= 15 is 0 Å². The maximum absolute atomic E-state index is 14.0. The Labute approximate surface area is 211 Å². The number of benzene rings is 3. The Morgan fingerprint density at radius 3 is 2.58 bits per heavy atom. The van der Waals surface area contributed by atoms with Gasteiger partial charge in [0.05, 0.1) is 18.3 Å². The fourth-order valence-corrected chi connectivity index (χ4v) is 5.38. The van der Waals surface area contributed by atoms with Crippen LogP contribution in [-0.2, 0) is 4.79 Å². The van der Waals surface area contributed by atoms with Gasteiger partial charge in [0.2, 0.25) is 11.6 Å². The monoisotopic (exact) mass is 485 g/mol. The summed E-state index contributed by atoms with van der Waals surface area (Å²) in [5, 5.41) is 6.21. The highest BCUT2D eigenvalue weighted by Gasteiger charge is 2.61. The fraction of sp³-hybridized carbons (Fsp3) is 0.310. The molecular formula is C29H31N3O4. The average Bonchev–Trinajstić information content (AvgIpc) is 2.82. The Kier molecular flexibility index (Phi) is 5.86. The van der Waals surface area contributed by atoms with Crippen molar-refractivity contribution in [1.29, 1.82) is 0 Å². The number of nitrogens with zero attached hydrogens (tertiary/aromatic N) is 1. The van der Waals surface area contributed by atoms with Crippen molar-refractivity contribution in [3.8, 4) is 11.5 Å². The molecule has 2 aliphatic rings. The van der Waals surface area contributed by atoms with E-state index in [0.29, 0.717) is 23.8 Å². The van der Waals surface area contributed by atoms with Crippen LogP contribution in [0.15, 0.2) is 60.7 Å². The lowest BCUT2D eigenvalue weighted by Gasteiger charge is -2.55. The number of carbonyl (C=O) groups is 2. The van der Waals surface area contributed by atoms with Gasteiger partial charge in [-0.2, -0.15) is 0 Å². The van der Waals surface area contributed by atoms with Gasteiger partial charge in [0.15, 0.2) is 11.5 Å². The van der Waals surface area contributed by atoms with Crippen LogP contribution in [0.3, 0.4) is 0 Å². The summed E-state index contributed by atoms with van der Waals surface area (Å²) >= 11 is 0. The van der Waals surface area contributed by atoms with E-state index in [-0.39, 0.29) is 11.9 Å². The van der Waals surface area contributed by atoms with Crippen LogP contribution in [0.5, 0.6) is 11.5 Å². The number of urea groups is 1. The minimum Gasteiger partial charge on any atom is -0.490 e. The number of aryl methyl sites for hydroxylation is 3. The summed E-state index contributed by atoms with van der Waals surface area (Å²) in [5.41, 5.74) is 3.79. The number of nitrogens with one attached hydrogen (secondary N) is 2. The van der Waals surface area contributed by atoms with Crippen LogP contribution in [0.4, 0.5) is 16.2 Å². The number of hydrogen-bond acceptors (Lipinski definition) is 4. The van der Waals surface area contributed by atoms with Gasteiger partial charge in [-0.1, -0.05) is 48.0 Å². The van der Waals surface area contributed by atoms with E-state index in [1.807, 2.05) is 95.3 Å². The molecule has 0 aromatic heterocycles. The molecule has 0 spiro atoms. The van der Waals surface area contributed by atoms with Crippen LogP contribution < -0.4 is 25.0 Å². The smallest absolute Gasteiger partial charge is 0.325 e. The van der Waals surface area contributed by atoms with Gasteiger partial charge < -0.3 is 20.1 Å². The maximum Gasteiger partial charge on any atom is 0.325 e. The molecule has 0 aliphatic carbocycles. The second kappa shape index (κ2) is 8.90. The highest BCUT2D eigenvalue weighted by molar-refractivity contribution is 6.02. The first-order valence-corrected chi connectivity index (χ1v) is 12.2. The molecule has 7 heteroatoms. The van der Waals surface area contributed by atoms with Crippen molar-refractivity contribution in [3.63, 3.8) is 0 Å². The molecule has 5 rings (SSSR count). The molecule has 186 valence electrons. The number of rotatable bonds is 5. The number of anilines is 2.